The van der Waals surface area contributed by atoms with Gasteiger partial charge in [0, 0.05) is 57.7 Å². The molecule has 2 aromatic heterocycles. The van der Waals surface area contributed by atoms with E-state index in [1.54, 1.807) is 25.8 Å². The number of aliphatic imine (C=N–C) groups is 1. The van der Waals surface area contributed by atoms with Gasteiger partial charge in [0.25, 0.3) is 0 Å². The van der Waals surface area contributed by atoms with Crippen LogP contribution in [-0.2, 0) is 11.3 Å². The fraction of sp³-hybridized carbons (Fsp3) is 0.444. The lowest BCUT2D eigenvalue weighted by Crippen LogP contribution is -2.44. The summed E-state index contributed by atoms with van der Waals surface area (Å²) in [5.41, 5.74) is 1.10. The van der Waals surface area contributed by atoms with Gasteiger partial charge in [0.05, 0.1) is 0 Å². The van der Waals surface area contributed by atoms with E-state index in [1.807, 2.05) is 34.7 Å². The average Bonchev–Trinajstić information content (AvgIpc) is 3.36. The summed E-state index contributed by atoms with van der Waals surface area (Å²) < 4.78 is 1.87. The van der Waals surface area contributed by atoms with Crippen molar-refractivity contribution in [2.45, 2.75) is 32.4 Å². The zero-order valence-corrected chi connectivity index (χ0v) is 18.0. The van der Waals surface area contributed by atoms with Crippen LogP contribution in [0.4, 0.5) is 0 Å². The van der Waals surface area contributed by atoms with Crippen LogP contribution in [0.15, 0.2) is 42.0 Å². The van der Waals surface area contributed by atoms with Gasteiger partial charge in [0.15, 0.2) is 5.96 Å². The molecule has 0 aliphatic carbocycles. The first-order valence-corrected chi connectivity index (χ1v) is 8.87. The van der Waals surface area contributed by atoms with Gasteiger partial charge in [-0.2, -0.15) is 0 Å². The lowest BCUT2D eigenvalue weighted by Gasteiger charge is -2.19. The summed E-state index contributed by atoms with van der Waals surface area (Å²) in [5.74, 6) is 1.78. The smallest absolute Gasteiger partial charge is 0.222 e. The van der Waals surface area contributed by atoms with Crippen LogP contribution in [0.25, 0.3) is 5.82 Å². The summed E-state index contributed by atoms with van der Waals surface area (Å²) in [6, 6.07) is 4.22. The molecule has 9 heteroatoms. The molecule has 1 aliphatic heterocycles. The predicted molar refractivity (Wildman–Crippen MR) is 115 cm³/mol. The highest BCUT2D eigenvalue weighted by molar-refractivity contribution is 14.0. The number of rotatable bonds is 5. The number of likely N-dealkylation sites (tertiary alicyclic amines) is 1. The molecule has 1 unspecified atom stereocenters. The van der Waals surface area contributed by atoms with Crippen LogP contribution in [0.5, 0.6) is 0 Å². The first-order valence-electron chi connectivity index (χ1n) is 8.87. The Balaban J connectivity index is 0.00000261. The van der Waals surface area contributed by atoms with E-state index in [0.717, 1.165) is 36.9 Å². The Morgan fingerprint density at radius 2 is 2.26 bits per heavy atom. The maximum Gasteiger partial charge on any atom is 0.222 e. The minimum Gasteiger partial charge on any atom is -0.352 e. The Bertz CT molecular complexity index is 763. The number of carbonyl (C=O) groups excluding carboxylic acids is 1. The fourth-order valence-electron chi connectivity index (χ4n) is 3.01. The molecule has 0 aromatic carbocycles. The molecular weight excluding hydrogens is 457 g/mol. The molecule has 8 nitrogen and oxygen atoms in total. The molecule has 1 fully saturated rings. The van der Waals surface area contributed by atoms with Gasteiger partial charge >= 0.3 is 0 Å². The number of nitrogens with zero attached hydrogens (tertiary/aromatic N) is 5. The Kier molecular flexibility index (Phi) is 8.01. The first kappa shape index (κ1) is 21.1. The molecule has 0 spiro atoms. The van der Waals surface area contributed by atoms with Crippen LogP contribution in [0.2, 0.25) is 0 Å². The molecule has 146 valence electrons. The molecule has 27 heavy (non-hydrogen) atoms. The average molecular weight is 483 g/mol. The van der Waals surface area contributed by atoms with Crippen LogP contribution < -0.4 is 10.6 Å². The van der Waals surface area contributed by atoms with Gasteiger partial charge in [0.1, 0.15) is 12.1 Å². The molecule has 1 atom stereocenters. The van der Waals surface area contributed by atoms with Crippen LogP contribution in [0.1, 0.15) is 25.3 Å². The molecule has 1 saturated heterocycles. The Morgan fingerprint density at radius 1 is 1.41 bits per heavy atom. The Labute approximate surface area is 176 Å². The van der Waals surface area contributed by atoms with E-state index in [4.69, 9.17) is 0 Å². The zero-order chi connectivity index (χ0) is 18.4. The number of hydrogen-bond acceptors (Lipinski definition) is 4. The SMILES string of the molecule is CCC(=O)N1CCC(NC(=NC)NCc2ccnc(-n3ccnc3)c2)C1.I. The lowest BCUT2D eigenvalue weighted by atomic mass is 10.2. The fourth-order valence-corrected chi connectivity index (χ4v) is 3.01. The van der Waals surface area contributed by atoms with Crippen molar-refractivity contribution in [3.8, 4) is 5.82 Å². The third-order valence-electron chi connectivity index (χ3n) is 4.45. The third-order valence-corrected chi connectivity index (χ3v) is 4.45. The maximum absolute atomic E-state index is 11.8. The van der Waals surface area contributed by atoms with Crippen molar-refractivity contribution in [2.75, 3.05) is 20.1 Å². The largest absolute Gasteiger partial charge is 0.352 e. The van der Waals surface area contributed by atoms with E-state index in [9.17, 15) is 4.79 Å². The molecular formula is C18H26IN7O. The van der Waals surface area contributed by atoms with E-state index < -0.39 is 0 Å². The van der Waals surface area contributed by atoms with Crippen LogP contribution in [0, 0.1) is 0 Å². The lowest BCUT2D eigenvalue weighted by molar-refractivity contribution is -0.129. The van der Waals surface area contributed by atoms with E-state index >= 15 is 0 Å². The minimum absolute atomic E-state index is 0. The number of imidazole rings is 1. The van der Waals surface area contributed by atoms with Gasteiger partial charge in [-0.15, -0.1) is 24.0 Å². The number of halogens is 1. The Morgan fingerprint density at radius 3 is 2.96 bits per heavy atom. The van der Waals surface area contributed by atoms with Crippen LogP contribution in [0.3, 0.4) is 0 Å². The number of pyridine rings is 1. The number of nitrogens with one attached hydrogen (secondary N) is 2. The standard InChI is InChI=1S/C18H25N7O.HI/c1-3-17(26)24-8-5-15(12-24)23-18(19-2)22-11-14-4-6-21-16(10-14)25-9-7-20-13-25;/h4,6-7,9-10,13,15H,3,5,8,11-12H2,1-2H3,(H2,19,22,23);1H. The van der Waals surface area contributed by atoms with Gasteiger partial charge in [-0.05, 0) is 24.1 Å². The van der Waals surface area contributed by atoms with Crippen molar-refractivity contribution in [1.82, 2.24) is 30.1 Å². The van der Waals surface area contributed by atoms with Crippen molar-refractivity contribution >= 4 is 35.8 Å². The molecule has 0 bridgehead atoms. The molecule has 0 saturated carbocycles. The van der Waals surface area contributed by atoms with Gasteiger partial charge < -0.3 is 15.5 Å². The maximum atomic E-state index is 11.8. The molecule has 1 aliphatic rings. The summed E-state index contributed by atoms with van der Waals surface area (Å²) in [6.45, 7) is 4.07. The number of carbonyl (C=O) groups is 1. The predicted octanol–water partition coefficient (Wildman–Crippen LogP) is 1.56. The topological polar surface area (TPSA) is 87.4 Å². The molecule has 3 heterocycles. The monoisotopic (exact) mass is 483 g/mol. The number of aromatic nitrogens is 3. The zero-order valence-electron chi connectivity index (χ0n) is 15.6. The quantitative estimate of drug-likeness (QED) is 0.383. The highest BCUT2D eigenvalue weighted by atomic mass is 127. The molecule has 0 radical (unpaired) electrons. The molecule has 3 rings (SSSR count). The van der Waals surface area contributed by atoms with Crippen LogP contribution in [-0.4, -0.2) is 57.5 Å². The Hall–Kier alpha value is -2.17. The normalized spacial score (nSPS) is 16.7. The van der Waals surface area contributed by atoms with Crippen molar-refractivity contribution in [3.63, 3.8) is 0 Å². The summed E-state index contributed by atoms with van der Waals surface area (Å²) >= 11 is 0. The van der Waals surface area contributed by atoms with Gasteiger partial charge in [-0.25, -0.2) is 9.97 Å². The van der Waals surface area contributed by atoms with Crippen molar-refractivity contribution in [3.05, 3.63) is 42.6 Å². The second-order valence-electron chi connectivity index (χ2n) is 6.24. The third kappa shape index (κ3) is 5.65. The van der Waals surface area contributed by atoms with Gasteiger partial charge in [-0.1, -0.05) is 6.92 Å². The molecule has 2 N–H and O–H groups in total. The van der Waals surface area contributed by atoms with Crippen molar-refractivity contribution < 1.29 is 4.79 Å². The van der Waals surface area contributed by atoms with E-state index in [1.165, 1.54) is 0 Å². The summed E-state index contributed by atoms with van der Waals surface area (Å²) in [7, 11) is 1.75. The summed E-state index contributed by atoms with van der Waals surface area (Å²) in [5, 5.41) is 6.73. The van der Waals surface area contributed by atoms with Crippen molar-refractivity contribution in [2.24, 2.45) is 4.99 Å². The van der Waals surface area contributed by atoms with Gasteiger partial charge in [0.2, 0.25) is 5.91 Å². The number of hydrogen-bond donors (Lipinski definition) is 2. The van der Waals surface area contributed by atoms with E-state index in [2.05, 4.69) is 25.6 Å². The number of amides is 1. The van der Waals surface area contributed by atoms with E-state index in [-0.39, 0.29) is 35.9 Å². The summed E-state index contributed by atoms with van der Waals surface area (Å²) in [4.78, 5) is 26.4. The number of guanidine groups is 1. The summed E-state index contributed by atoms with van der Waals surface area (Å²) in [6.07, 6.45) is 8.60. The molecule has 1 amide bonds. The first-order chi connectivity index (χ1) is 12.7. The van der Waals surface area contributed by atoms with Crippen molar-refractivity contribution in [1.29, 1.82) is 0 Å². The van der Waals surface area contributed by atoms with Crippen LogP contribution >= 0.6 is 24.0 Å². The second kappa shape index (κ2) is 10.2. The minimum atomic E-state index is 0. The van der Waals surface area contributed by atoms with E-state index in [0.29, 0.717) is 13.0 Å². The highest BCUT2D eigenvalue weighted by Gasteiger charge is 2.25. The van der Waals surface area contributed by atoms with Gasteiger partial charge in [-0.3, -0.25) is 14.4 Å². The highest BCUT2D eigenvalue weighted by Crippen LogP contribution is 2.10. The second-order valence-corrected chi connectivity index (χ2v) is 6.24. The molecule has 2 aromatic rings.